The topological polar surface area (TPSA) is 0 Å². The molecule has 2 aliphatic carbocycles. The lowest BCUT2D eigenvalue weighted by atomic mass is 9.38. The molecule has 3 unspecified atom stereocenters. The molecule has 3 atom stereocenters. The van der Waals surface area contributed by atoms with Crippen molar-refractivity contribution in [3.8, 4) is 0 Å². The molecule has 4 bridgehead atoms. The molecule has 0 radical (unpaired) electrons. The van der Waals surface area contributed by atoms with Gasteiger partial charge in [-0.3, -0.25) is 0 Å². The normalized spacial score (nSPS) is 55.0. The quantitative estimate of drug-likeness (QED) is 0.571. The van der Waals surface area contributed by atoms with Crippen molar-refractivity contribution in [2.75, 3.05) is 0 Å². The average Bonchev–Trinajstić information content (AvgIpc) is 2.90. The van der Waals surface area contributed by atoms with Gasteiger partial charge in [0.2, 0.25) is 0 Å². The summed E-state index contributed by atoms with van der Waals surface area (Å²) >= 11 is 0. The Hall–Kier alpha value is 0.0649. The highest BCUT2D eigenvalue weighted by Crippen LogP contribution is 2.64. The van der Waals surface area contributed by atoms with Crippen LogP contribution in [0, 0.1) is 17.3 Å². The summed E-state index contributed by atoms with van der Waals surface area (Å²) < 4.78 is 0. The fourth-order valence-corrected chi connectivity index (χ4v) is 6.18. The Morgan fingerprint density at radius 2 is 1.81 bits per heavy atom. The fraction of sp³-hybridized carbons (Fsp3) is 1.00. The standard InChI is InChI=1S/C15H25B.H2/c1-2-12-4-5-13(14(3-1)16-12)15-8-6-11(10-15)7-9-15;/h11-14,16H,1-10H2;1H. The van der Waals surface area contributed by atoms with E-state index in [4.69, 9.17) is 0 Å². The highest BCUT2D eigenvalue weighted by Gasteiger charge is 2.52. The second-order valence-corrected chi connectivity index (χ2v) is 7.49. The largest absolute Gasteiger partial charge is 0.127 e. The first-order valence-electron chi connectivity index (χ1n) is 7.86. The maximum absolute atomic E-state index is 1.64. The van der Waals surface area contributed by atoms with Crippen molar-refractivity contribution < 1.29 is 1.43 Å². The van der Waals surface area contributed by atoms with Gasteiger partial charge in [-0.1, -0.05) is 43.7 Å². The van der Waals surface area contributed by atoms with E-state index < -0.39 is 0 Å². The third-order valence-electron chi connectivity index (χ3n) is 6.86. The zero-order chi connectivity index (χ0) is 10.6. The number of hydrogen-bond donors (Lipinski definition) is 0. The van der Waals surface area contributed by atoms with E-state index in [9.17, 15) is 0 Å². The second-order valence-electron chi connectivity index (χ2n) is 7.49. The van der Waals surface area contributed by atoms with Crippen LogP contribution in [-0.4, -0.2) is 7.28 Å². The molecule has 4 aliphatic rings. The first-order valence-corrected chi connectivity index (χ1v) is 7.86. The van der Waals surface area contributed by atoms with E-state index in [-0.39, 0.29) is 1.43 Å². The first-order chi connectivity index (χ1) is 7.86. The smallest absolute Gasteiger partial charge is 0.0654 e. The number of hydrogen-bond acceptors (Lipinski definition) is 0. The van der Waals surface area contributed by atoms with Gasteiger partial charge in [0.25, 0.3) is 0 Å². The van der Waals surface area contributed by atoms with Crippen molar-refractivity contribution in [2.24, 2.45) is 17.3 Å². The van der Waals surface area contributed by atoms with Gasteiger partial charge in [0.05, 0.1) is 0 Å². The molecular weight excluding hydrogens is 191 g/mol. The van der Waals surface area contributed by atoms with Crippen LogP contribution in [-0.2, 0) is 0 Å². The zero-order valence-corrected chi connectivity index (χ0v) is 10.6. The minimum atomic E-state index is 0. The van der Waals surface area contributed by atoms with Crippen LogP contribution < -0.4 is 0 Å². The number of fused-ring (bicyclic) bond motifs is 4. The monoisotopic (exact) mass is 218 g/mol. The van der Waals surface area contributed by atoms with Gasteiger partial charge < -0.3 is 0 Å². The maximum atomic E-state index is 1.64. The van der Waals surface area contributed by atoms with E-state index in [1.807, 2.05) is 0 Å². The van der Waals surface area contributed by atoms with Crippen LogP contribution >= 0.6 is 0 Å². The van der Waals surface area contributed by atoms with Crippen LogP contribution in [0.25, 0.3) is 0 Å². The summed E-state index contributed by atoms with van der Waals surface area (Å²) in [5.41, 5.74) is 0.873. The summed E-state index contributed by atoms with van der Waals surface area (Å²) in [6, 6.07) is 0. The van der Waals surface area contributed by atoms with Crippen molar-refractivity contribution >= 4 is 7.28 Å². The predicted octanol–water partition coefficient (Wildman–Crippen LogP) is 4.42. The van der Waals surface area contributed by atoms with Gasteiger partial charge in [0.1, 0.15) is 7.28 Å². The molecule has 0 N–H and O–H groups in total. The predicted molar refractivity (Wildman–Crippen MR) is 72.3 cm³/mol. The average molecular weight is 218 g/mol. The van der Waals surface area contributed by atoms with Crippen molar-refractivity contribution in [1.29, 1.82) is 0 Å². The minimum Gasteiger partial charge on any atom is -0.0654 e. The summed E-state index contributed by atoms with van der Waals surface area (Å²) in [7, 11) is 1.62. The molecule has 0 aromatic rings. The summed E-state index contributed by atoms with van der Waals surface area (Å²) in [6.45, 7) is 0. The van der Waals surface area contributed by atoms with Crippen molar-refractivity contribution in [2.45, 2.75) is 75.8 Å². The molecule has 2 saturated heterocycles. The van der Waals surface area contributed by atoms with Gasteiger partial charge in [-0.25, -0.2) is 0 Å². The molecule has 1 heteroatoms. The molecule has 0 aromatic heterocycles. The van der Waals surface area contributed by atoms with Crippen LogP contribution in [0.3, 0.4) is 0 Å². The highest BCUT2D eigenvalue weighted by molar-refractivity contribution is 6.40. The molecule has 2 aliphatic heterocycles. The summed E-state index contributed by atoms with van der Waals surface area (Å²) in [6.07, 6.45) is 16.0. The van der Waals surface area contributed by atoms with Crippen molar-refractivity contribution in [1.82, 2.24) is 0 Å². The van der Waals surface area contributed by atoms with E-state index in [2.05, 4.69) is 0 Å². The summed E-state index contributed by atoms with van der Waals surface area (Å²) in [5.74, 6) is 4.62. The Balaban J connectivity index is 0.000000902. The van der Waals surface area contributed by atoms with Crippen LogP contribution in [0.1, 0.15) is 65.6 Å². The Kier molecular flexibility index (Phi) is 2.21. The maximum Gasteiger partial charge on any atom is 0.127 e. The van der Waals surface area contributed by atoms with Crippen LogP contribution in [0.4, 0.5) is 0 Å². The Morgan fingerprint density at radius 3 is 2.56 bits per heavy atom. The lowest BCUT2D eigenvalue weighted by Gasteiger charge is -2.48. The Bertz CT molecular complexity index is 283. The van der Waals surface area contributed by atoms with Crippen molar-refractivity contribution in [3.05, 3.63) is 0 Å². The van der Waals surface area contributed by atoms with Gasteiger partial charge in [-0.15, -0.1) is 0 Å². The van der Waals surface area contributed by atoms with E-state index in [1.54, 1.807) is 71.5 Å². The Morgan fingerprint density at radius 1 is 0.938 bits per heavy atom. The molecule has 0 nitrogen and oxygen atoms in total. The lowest BCUT2D eigenvalue weighted by Crippen LogP contribution is -2.38. The molecule has 0 aromatic carbocycles. The van der Waals surface area contributed by atoms with Gasteiger partial charge in [-0.05, 0) is 49.4 Å². The van der Waals surface area contributed by atoms with Crippen molar-refractivity contribution in [3.63, 3.8) is 0 Å². The van der Waals surface area contributed by atoms with Gasteiger partial charge in [0.15, 0.2) is 0 Å². The third kappa shape index (κ3) is 1.36. The molecule has 0 spiro atoms. The van der Waals surface area contributed by atoms with Gasteiger partial charge in [-0.2, -0.15) is 0 Å². The van der Waals surface area contributed by atoms with Gasteiger partial charge in [0, 0.05) is 1.43 Å². The van der Waals surface area contributed by atoms with Crippen LogP contribution in [0.5, 0.6) is 0 Å². The molecule has 90 valence electrons. The van der Waals surface area contributed by atoms with Crippen LogP contribution in [0.2, 0.25) is 11.6 Å². The molecule has 2 saturated carbocycles. The molecule has 4 fully saturated rings. The lowest BCUT2D eigenvalue weighted by molar-refractivity contribution is 0.125. The molecule has 0 amide bonds. The second kappa shape index (κ2) is 3.53. The first kappa shape index (κ1) is 10.0. The van der Waals surface area contributed by atoms with Crippen LogP contribution in [0.15, 0.2) is 0 Å². The molecule has 2 heterocycles. The van der Waals surface area contributed by atoms with Gasteiger partial charge >= 0.3 is 0 Å². The minimum absolute atomic E-state index is 0. The van der Waals surface area contributed by atoms with E-state index >= 15 is 0 Å². The number of rotatable bonds is 1. The summed E-state index contributed by atoms with van der Waals surface area (Å²) in [4.78, 5) is 0. The molecular formula is C15H27B. The van der Waals surface area contributed by atoms with E-state index in [0.29, 0.717) is 0 Å². The summed E-state index contributed by atoms with van der Waals surface area (Å²) in [5, 5.41) is 0. The highest BCUT2D eigenvalue weighted by atomic mass is 14.6. The molecule has 4 rings (SSSR count). The Labute approximate surface area is 102 Å². The third-order valence-corrected chi connectivity index (χ3v) is 6.86. The van der Waals surface area contributed by atoms with E-state index in [0.717, 1.165) is 28.9 Å². The zero-order valence-electron chi connectivity index (χ0n) is 10.6. The van der Waals surface area contributed by atoms with E-state index in [1.165, 1.54) is 0 Å². The SMILES string of the molecule is B1C2CCCC1C(C13CCC(CC1)C3)CC2.[HH]. The fourth-order valence-electron chi connectivity index (χ4n) is 6.18. The molecule has 16 heavy (non-hydrogen) atoms.